The Kier molecular flexibility index (Phi) is 9.18. The van der Waals surface area contributed by atoms with E-state index in [1.165, 1.54) is 0 Å². The van der Waals surface area contributed by atoms with Crippen molar-refractivity contribution in [2.75, 3.05) is 39.3 Å². The van der Waals surface area contributed by atoms with Crippen LogP contribution in [0.5, 0.6) is 0 Å². The van der Waals surface area contributed by atoms with Gasteiger partial charge in [-0.1, -0.05) is 0 Å². The van der Waals surface area contributed by atoms with E-state index >= 15 is 0 Å². The van der Waals surface area contributed by atoms with Crippen molar-refractivity contribution >= 4 is 11.8 Å². The Labute approximate surface area is 105 Å². The van der Waals surface area contributed by atoms with E-state index in [1.807, 2.05) is 0 Å². The molecule has 94 valence electrons. The SMILES string of the molecule is [Ni+2].[O-]C1=NCCNCCNCCN=C([O-])C1. The topological polar surface area (TPSA) is 94.9 Å². The number of nitrogens with one attached hydrogen (secondary N) is 2. The zero-order valence-electron chi connectivity index (χ0n) is 8.98. The van der Waals surface area contributed by atoms with Crippen molar-refractivity contribution in [3.63, 3.8) is 0 Å². The van der Waals surface area contributed by atoms with Crippen LogP contribution >= 0.6 is 0 Å². The second kappa shape index (κ2) is 9.57. The van der Waals surface area contributed by atoms with Crippen molar-refractivity contribution in [2.45, 2.75) is 6.42 Å². The third kappa shape index (κ3) is 7.62. The summed E-state index contributed by atoms with van der Waals surface area (Å²) < 4.78 is 0. The van der Waals surface area contributed by atoms with Gasteiger partial charge < -0.3 is 30.8 Å². The van der Waals surface area contributed by atoms with Crippen LogP contribution in [0.15, 0.2) is 9.98 Å². The van der Waals surface area contributed by atoms with Gasteiger partial charge in [0.2, 0.25) is 0 Å². The number of rotatable bonds is 0. The first-order valence-corrected chi connectivity index (χ1v) is 5.11. The molecule has 0 spiro atoms. The Morgan fingerprint density at radius 1 is 0.812 bits per heavy atom. The second-order valence-corrected chi connectivity index (χ2v) is 3.23. The summed E-state index contributed by atoms with van der Waals surface area (Å²) in [6.45, 7) is 3.84. The molecule has 1 rings (SSSR count). The monoisotopic (exact) mass is 270 g/mol. The van der Waals surface area contributed by atoms with Crippen molar-refractivity contribution in [1.82, 2.24) is 10.6 Å². The summed E-state index contributed by atoms with van der Waals surface area (Å²) in [5.74, 6) is -0.754. The molecule has 0 fully saturated rings. The van der Waals surface area contributed by atoms with Crippen molar-refractivity contribution < 1.29 is 26.7 Å². The van der Waals surface area contributed by atoms with E-state index in [0.29, 0.717) is 26.2 Å². The zero-order chi connectivity index (χ0) is 10.9. The minimum Gasteiger partial charge on any atom is -0.862 e. The van der Waals surface area contributed by atoms with E-state index in [-0.39, 0.29) is 34.7 Å². The fourth-order valence-electron chi connectivity index (χ4n) is 1.19. The van der Waals surface area contributed by atoms with Gasteiger partial charge in [0.15, 0.2) is 0 Å². The first kappa shape index (κ1) is 15.4. The Morgan fingerprint density at radius 2 is 1.25 bits per heavy atom. The molecule has 1 heterocycles. The molecule has 6 nitrogen and oxygen atoms in total. The maximum atomic E-state index is 11.1. The molecule has 1 aliphatic heterocycles. The summed E-state index contributed by atoms with van der Waals surface area (Å²) in [5, 5.41) is 28.5. The first-order valence-electron chi connectivity index (χ1n) is 5.11. The fourth-order valence-corrected chi connectivity index (χ4v) is 1.19. The molecule has 7 heteroatoms. The quantitative estimate of drug-likeness (QED) is 0.461. The molecule has 0 bridgehead atoms. The smallest absolute Gasteiger partial charge is 0.862 e. The Morgan fingerprint density at radius 3 is 1.69 bits per heavy atom. The van der Waals surface area contributed by atoms with E-state index in [9.17, 15) is 10.2 Å². The van der Waals surface area contributed by atoms with Gasteiger partial charge in [0, 0.05) is 32.6 Å². The van der Waals surface area contributed by atoms with Gasteiger partial charge in [0.25, 0.3) is 0 Å². The molecular formula is C9H16N4NiO2. The predicted molar refractivity (Wildman–Crippen MR) is 55.0 cm³/mol. The molecule has 0 amide bonds. The third-order valence-electron chi connectivity index (χ3n) is 1.93. The van der Waals surface area contributed by atoms with Crippen LogP contribution in [-0.2, 0) is 16.5 Å². The molecule has 0 aliphatic carbocycles. The van der Waals surface area contributed by atoms with Crippen LogP contribution in [0.4, 0.5) is 0 Å². The van der Waals surface area contributed by atoms with Crippen molar-refractivity contribution in [2.24, 2.45) is 9.98 Å². The van der Waals surface area contributed by atoms with Crippen molar-refractivity contribution in [3.05, 3.63) is 0 Å². The normalized spacial score (nSPS) is 20.2. The summed E-state index contributed by atoms with van der Waals surface area (Å²) in [6, 6.07) is 0. The molecule has 2 N–H and O–H groups in total. The van der Waals surface area contributed by atoms with Crippen LogP contribution < -0.4 is 20.8 Å². The van der Waals surface area contributed by atoms with E-state index in [0.717, 1.165) is 13.1 Å². The van der Waals surface area contributed by atoms with E-state index in [2.05, 4.69) is 20.6 Å². The molecule has 0 aromatic heterocycles. The first-order chi connectivity index (χ1) is 7.29. The van der Waals surface area contributed by atoms with Crippen LogP contribution in [0.2, 0.25) is 0 Å². The maximum absolute atomic E-state index is 11.1. The fraction of sp³-hybridized carbons (Fsp3) is 0.778. The third-order valence-corrected chi connectivity index (χ3v) is 1.93. The van der Waals surface area contributed by atoms with E-state index in [1.54, 1.807) is 0 Å². The van der Waals surface area contributed by atoms with Gasteiger partial charge in [-0.15, -0.1) is 0 Å². The molecule has 0 saturated heterocycles. The molecule has 16 heavy (non-hydrogen) atoms. The van der Waals surface area contributed by atoms with Crippen molar-refractivity contribution in [1.29, 1.82) is 0 Å². The van der Waals surface area contributed by atoms with Gasteiger partial charge in [-0.05, 0) is 11.8 Å². The molecule has 0 aromatic carbocycles. The molecule has 0 aromatic rings. The minimum atomic E-state index is -0.377. The Hall–Kier alpha value is -0.646. The average molecular weight is 271 g/mol. The summed E-state index contributed by atoms with van der Waals surface area (Å²) in [7, 11) is 0. The standard InChI is InChI=1S/C9H18N4O2.Ni/c14-8-7-9(15)13-6-4-11-2-1-10-3-5-12-8;/h10-11H,1-7H2,(H,12,14)(H,13,15);/q;+2/p-2. The Bertz CT molecular complexity index is 222. The van der Waals surface area contributed by atoms with Crippen LogP contribution in [0.3, 0.4) is 0 Å². The van der Waals surface area contributed by atoms with Crippen molar-refractivity contribution in [3.8, 4) is 0 Å². The van der Waals surface area contributed by atoms with Gasteiger partial charge in [-0.25, -0.2) is 0 Å². The molecule has 0 radical (unpaired) electrons. The maximum Gasteiger partial charge on any atom is 2.00 e. The van der Waals surface area contributed by atoms with Crippen LogP contribution in [0, 0.1) is 0 Å². The minimum absolute atomic E-state index is 0. The van der Waals surface area contributed by atoms with E-state index < -0.39 is 0 Å². The number of aliphatic imine (C=N–C) groups is 2. The zero-order valence-corrected chi connectivity index (χ0v) is 9.96. The summed E-state index contributed by atoms with van der Waals surface area (Å²) in [4.78, 5) is 7.47. The van der Waals surface area contributed by atoms with Crippen LogP contribution in [0.1, 0.15) is 6.42 Å². The van der Waals surface area contributed by atoms with Gasteiger partial charge >= 0.3 is 16.5 Å². The average Bonchev–Trinajstić information content (AvgIpc) is 2.21. The summed E-state index contributed by atoms with van der Waals surface area (Å²) >= 11 is 0. The summed E-state index contributed by atoms with van der Waals surface area (Å²) in [6.07, 6.45) is -0.194. The largest absolute Gasteiger partial charge is 2.00 e. The van der Waals surface area contributed by atoms with Gasteiger partial charge in [0.1, 0.15) is 0 Å². The Balaban J connectivity index is 0.00000225. The van der Waals surface area contributed by atoms with Gasteiger partial charge in [-0.2, -0.15) is 0 Å². The van der Waals surface area contributed by atoms with E-state index in [4.69, 9.17) is 0 Å². The number of hydrogen-bond donors (Lipinski definition) is 2. The van der Waals surface area contributed by atoms with Crippen LogP contribution in [0.25, 0.3) is 0 Å². The molecule has 1 aliphatic rings. The molecular weight excluding hydrogens is 255 g/mol. The number of hydrogen-bond acceptors (Lipinski definition) is 6. The summed E-state index contributed by atoms with van der Waals surface area (Å²) in [5.41, 5.74) is 0. The van der Waals surface area contributed by atoms with Crippen LogP contribution in [-0.4, -0.2) is 51.1 Å². The number of nitrogens with zero attached hydrogens (tertiary/aromatic N) is 2. The van der Waals surface area contributed by atoms with Gasteiger partial charge in [0.05, 0.1) is 13.1 Å². The molecule has 0 unspecified atom stereocenters. The molecule has 0 atom stereocenters. The second-order valence-electron chi connectivity index (χ2n) is 3.23. The van der Waals surface area contributed by atoms with Gasteiger partial charge in [-0.3, -0.25) is 0 Å². The predicted octanol–water partition coefficient (Wildman–Crippen LogP) is -2.92. The molecule has 0 saturated carbocycles.